The number of hydrogen-bond acceptors (Lipinski definition) is 2. The molecule has 1 aromatic heterocycles. The third kappa shape index (κ3) is 5.32. The lowest BCUT2D eigenvalue weighted by atomic mass is 9.89. The predicted molar refractivity (Wildman–Crippen MR) is 87.1 cm³/mol. The van der Waals surface area contributed by atoms with Crippen LogP contribution in [0.4, 0.5) is 0 Å². The van der Waals surface area contributed by atoms with E-state index >= 15 is 0 Å². The molecule has 0 saturated heterocycles. The van der Waals surface area contributed by atoms with Gasteiger partial charge < -0.3 is 9.73 Å². The highest BCUT2D eigenvalue weighted by molar-refractivity contribution is 5.24. The van der Waals surface area contributed by atoms with E-state index in [2.05, 4.69) is 39.1 Å². The summed E-state index contributed by atoms with van der Waals surface area (Å²) in [7, 11) is 0. The fourth-order valence-electron chi connectivity index (χ4n) is 2.95. The minimum absolute atomic E-state index is 0.453. The van der Waals surface area contributed by atoms with E-state index in [4.69, 9.17) is 4.42 Å². The van der Waals surface area contributed by atoms with Crippen molar-refractivity contribution in [1.29, 1.82) is 0 Å². The molecule has 0 aliphatic rings. The molecule has 2 heteroatoms. The summed E-state index contributed by atoms with van der Waals surface area (Å²) >= 11 is 0. The first-order valence-corrected chi connectivity index (χ1v) is 8.42. The number of hydrogen-bond donors (Lipinski definition) is 1. The molecule has 0 saturated carbocycles. The van der Waals surface area contributed by atoms with Crippen molar-refractivity contribution in [3.05, 3.63) is 23.2 Å². The molecule has 0 aromatic carbocycles. The number of nitrogens with one attached hydrogen (secondary N) is 1. The third-order valence-corrected chi connectivity index (χ3v) is 4.21. The van der Waals surface area contributed by atoms with Gasteiger partial charge in [-0.2, -0.15) is 0 Å². The van der Waals surface area contributed by atoms with Gasteiger partial charge in [-0.3, -0.25) is 0 Å². The Hall–Kier alpha value is -0.760. The van der Waals surface area contributed by atoms with E-state index in [-0.39, 0.29) is 0 Å². The molecule has 0 spiro atoms. The van der Waals surface area contributed by atoms with Gasteiger partial charge in [0.15, 0.2) is 0 Å². The lowest BCUT2D eigenvalue weighted by molar-refractivity contribution is 0.350. The first-order valence-electron chi connectivity index (χ1n) is 8.42. The molecule has 20 heavy (non-hydrogen) atoms. The van der Waals surface area contributed by atoms with Crippen molar-refractivity contribution in [3.63, 3.8) is 0 Å². The summed E-state index contributed by atoms with van der Waals surface area (Å²) < 4.78 is 5.73. The van der Waals surface area contributed by atoms with Crippen LogP contribution in [0.15, 0.2) is 10.5 Å². The van der Waals surface area contributed by atoms with E-state index in [1.54, 1.807) is 0 Å². The molecular formula is C18H33NO. The Kier molecular flexibility index (Phi) is 7.98. The first-order chi connectivity index (χ1) is 9.62. The van der Waals surface area contributed by atoms with E-state index in [0.717, 1.165) is 24.0 Å². The molecule has 2 unspecified atom stereocenters. The topological polar surface area (TPSA) is 25.2 Å². The van der Waals surface area contributed by atoms with E-state index in [1.807, 2.05) is 6.92 Å². The molecular weight excluding hydrogens is 246 g/mol. The molecule has 0 amide bonds. The summed E-state index contributed by atoms with van der Waals surface area (Å²) in [5, 5.41) is 3.72. The van der Waals surface area contributed by atoms with E-state index < -0.39 is 0 Å². The minimum Gasteiger partial charge on any atom is -0.466 e. The van der Waals surface area contributed by atoms with Crippen LogP contribution < -0.4 is 5.32 Å². The standard InChI is InChI=1S/C18H33NO/c1-6-9-10-16(8-3)13-18(19-11-7-2)17-12-14(4)20-15(17)5/h12,16,18-19H,6-11,13H2,1-5H3. The maximum atomic E-state index is 5.73. The van der Waals surface area contributed by atoms with Crippen molar-refractivity contribution in [1.82, 2.24) is 5.32 Å². The van der Waals surface area contributed by atoms with Crippen LogP contribution in [0.3, 0.4) is 0 Å². The molecule has 0 aliphatic heterocycles. The van der Waals surface area contributed by atoms with Crippen LogP contribution in [0.1, 0.15) is 82.4 Å². The van der Waals surface area contributed by atoms with Crippen molar-refractivity contribution < 1.29 is 4.42 Å². The van der Waals surface area contributed by atoms with Crippen LogP contribution in [0.2, 0.25) is 0 Å². The Labute approximate surface area is 125 Å². The second-order valence-electron chi connectivity index (χ2n) is 6.03. The van der Waals surface area contributed by atoms with Crippen molar-refractivity contribution in [2.45, 2.75) is 79.2 Å². The largest absolute Gasteiger partial charge is 0.466 e. The Morgan fingerprint density at radius 2 is 1.90 bits per heavy atom. The summed E-state index contributed by atoms with van der Waals surface area (Å²) in [6.07, 6.45) is 7.69. The molecule has 2 nitrogen and oxygen atoms in total. The third-order valence-electron chi connectivity index (χ3n) is 4.21. The van der Waals surface area contributed by atoms with Crippen molar-refractivity contribution in [2.75, 3.05) is 6.54 Å². The summed E-state index contributed by atoms with van der Waals surface area (Å²) in [5.41, 5.74) is 1.37. The maximum absolute atomic E-state index is 5.73. The Bertz CT molecular complexity index is 369. The fraction of sp³-hybridized carbons (Fsp3) is 0.778. The van der Waals surface area contributed by atoms with Gasteiger partial charge in [-0.25, -0.2) is 0 Å². The number of unbranched alkanes of at least 4 members (excludes halogenated alkanes) is 1. The zero-order valence-electron chi connectivity index (χ0n) is 14.1. The molecule has 2 atom stereocenters. The van der Waals surface area contributed by atoms with Crippen LogP contribution in [-0.2, 0) is 0 Å². The second-order valence-corrected chi connectivity index (χ2v) is 6.03. The molecule has 0 aliphatic carbocycles. The summed E-state index contributed by atoms with van der Waals surface area (Å²) in [6.45, 7) is 12.1. The SMILES string of the molecule is CCCCC(CC)CC(NCCC)c1cc(C)oc1C. The monoisotopic (exact) mass is 279 g/mol. The van der Waals surface area contributed by atoms with Crippen LogP contribution in [0.25, 0.3) is 0 Å². The van der Waals surface area contributed by atoms with Crippen LogP contribution in [0, 0.1) is 19.8 Å². The lowest BCUT2D eigenvalue weighted by Crippen LogP contribution is -2.24. The van der Waals surface area contributed by atoms with Crippen molar-refractivity contribution in [3.8, 4) is 0 Å². The van der Waals surface area contributed by atoms with Gasteiger partial charge >= 0.3 is 0 Å². The van der Waals surface area contributed by atoms with Gasteiger partial charge in [-0.05, 0) is 45.2 Å². The van der Waals surface area contributed by atoms with E-state index in [1.165, 1.54) is 44.1 Å². The molecule has 116 valence electrons. The first kappa shape index (κ1) is 17.3. The van der Waals surface area contributed by atoms with Gasteiger partial charge in [0.25, 0.3) is 0 Å². The average Bonchev–Trinajstić information content (AvgIpc) is 2.77. The van der Waals surface area contributed by atoms with Crippen LogP contribution in [-0.4, -0.2) is 6.54 Å². The van der Waals surface area contributed by atoms with Gasteiger partial charge in [-0.15, -0.1) is 0 Å². The maximum Gasteiger partial charge on any atom is 0.105 e. The molecule has 0 radical (unpaired) electrons. The van der Waals surface area contributed by atoms with E-state index in [0.29, 0.717) is 6.04 Å². The Morgan fingerprint density at radius 3 is 2.40 bits per heavy atom. The number of furan rings is 1. The molecule has 1 rings (SSSR count). The highest BCUT2D eigenvalue weighted by Gasteiger charge is 2.20. The normalized spacial score (nSPS) is 14.4. The Morgan fingerprint density at radius 1 is 1.15 bits per heavy atom. The number of aryl methyl sites for hydroxylation is 2. The molecule has 0 bridgehead atoms. The quantitative estimate of drug-likeness (QED) is 0.608. The van der Waals surface area contributed by atoms with Gasteiger partial charge in [0.05, 0.1) is 0 Å². The summed E-state index contributed by atoms with van der Waals surface area (Å²) in [5.74, 6) is 2.93. The average molecular weight is 279 g/mol. The minimum atomic E-state index is 0.453. The smallest absolute Gasteiger partial charge is 0.105 e. The fourth-order valence-corrected chi connectivity index (χ4v) is 2.95. The molecule has 1 heterocycles. The van der Waals surface area contributed by atoms with Crippen LogP contribution in [0.5, 0.6) is 0 Å². The summed E-state index contributed by atoms with van der Waals surface area (Å²) in [6, 6.07) is 2.67. The van der Waals surface area contributed by atoms with Crippen molar-refractivity contribution >= 4 is 0 Å². The van der Waals surface area contributed by atoms with Gasteiger partial charge in [0.1, 0.15) is 11.5 Å². The molecule has 0 fully saturated rings. The lowest BCUT2D eigenvalue weighted by Gasteiger charge is -2.23. The zero-order chi connectivity index (χ0) is 15.0. The summed E-state index contributed by atoms with van der Waals surface area (Å²) in [4.78, 5) is 0. The number of rotatable bonds is 10. The predicted octanol–water partition coefficient (Wildman–Crippen LogP) is 5.54. The van der Waals surface area contributed by atoms with Crippen molar-refractivity contribution in [2.24, 2.45) is 5.92 Å². The zero-order valence-corrected chi connectivity index (χ0v) is 14.1. The second kappa shape index (κ2) is 9.23. The van der Waals surface area contributed by atoms with Gasteiger partial charge in [0, 0.05) is 11.6 Å². The highest BCUT2D eigenvalue weighted by atomic mass is 16.3. The van der Waals surface area contributed by atoms with E-state index in [9.17, 15) is 0 Å². The molecule has 1 N–H and O–H groups in total. The van der Waals surface area contributed by atoms with Gasteiger partial charge in [-0.1, -0.05) is 46.5 Å². The van der Waals surface area contributed by atoms with Crippen LogP contribution >= 0.6 is 0 Å². The highest BCUT2D eigenvalue weighted by Crippen LogP contribution is 2.30. The molecule has 1 aromatic rings. The Balaban J connectivity index is 2.75. The van der Waals surface area contributed by atoms with Gasteiger partial charge in [0.2, 0.25) is 0 Å².